The number of hydrazine groups is 1. The Balaban J connectivity index is 2.03. The van der Waals surface area contributed by atoms with E-state index in [2.05, 4.69) is 15.7 Å². The number of hydrazone groups is 2. The van der Waals surface area contributed by atoms with Crippen molar-refractivity contribution in [2.45, 2.75) is 19.4 Å². The number of nitrogens with one attached hydrogen (secondary N) is 1. The van der Waals surface area contributed by atoms with Crippen LogP contribution < -0.4 is 16.4 Å². The van der Waals surface area contributed by atoms with Gasteiger partial charge in [0.2, 0.25) is 0 Å². The lowest BCUT2D eigenvalue weighted by atomic mass is 10.1. The van der Waals surface area contributed by atoms with Crippen molar-refractivity contribution in [2.75, 3.05) is 5.12 Å². The molecule has 0 saturated heterocycles. The van der Waals surface area contributed by atoms with E-state index in [0.717, 1.165) is 17.0 Å². The number of carbonyl (C=O) groups is 1. The summed E-state index contributed by atoms with van der Waals surface area (Å²) in [6.45, 7) is 1.84. The highest BCUT2D eigenvalue weighted by Crippen LogP contribution is 2.15. The Labute approximate surface area is 110 Å². The third kappa shape index (κ3) is 3.29. The van der Waals surface area contributed by atoms with Gasteiger partial charge < -0.3 is 10.8 Å². The highest BCUT2D eigenvalue weighted by molar-refractivity contribution is 6.29. The van der Waals surface area contributed by atoms with Crippen molar-refractivity contribution >= 4 is 23.6 Å². The molecule has 100 valence electrons. The fourth-order valence-electron chi connectivity index (χ4n) is 1.56. The molecule has 19 heavy (non-hydrogen) atoms. The first-order chi connectivity index (χ1) is 9.06. The van der Waals surface area contributed by atoms with Crippen molar-refractivity contribution in [1.29, 1.82) is 0 Å². The summed E-state index contributed by atoms with van der Waals surface area (Å²) in [5.74, 6) is -1.00. The number of carboxylic acids is 1. The molecule has 1 unspecified atom stereocenters. The molecule has 1 aliphatic rings. The minimum atomic E-state index is -1.00. The third-order valence-electron chi connectivity index (χ3n) is 2.63. The molecule has 0 amide bonds. The Hall–Kier alpha value is -2.41. The van der Waals surface area contributed by atoms with Gasteiger partial charge >= 0.3 is 5.97 Å². The third-order valence-corrected chi connectivity index (χ3v) is 2.63. The summed E-state index contributed by atoms with van der Waals surface area (Å²) < 4.78 is 0. The molecule has 0 spiro atoms. The van der Waals surface area contributed by atoms with Crippen LogP contribution in [0.15, 0.2) is 34.5 Å². The maximum atomic E-state index is 10.7. The normalized spacial score (nSPS) is 15.7. The quantitative estimate of drug-likeness (QED) is 0.724. The molecule has 0 aliphatic carbocycles. The molecule has 0 radical (unpaired) electrons. The molecule has 1 atom stereocenters. The molecule has 7 nitrogen and oxygen atoms in total. The first-order valence-electron chi connectivity index (χ1n) is 5.77. The van der Waals surface area contributed by atoms with E-state index >= 15 is 0 Å². The molecule has 1 aliphatic heterocycles. The number of anilines is 1. The van der Waals surface area contributed by atoms with E-state index in [9.17, 15) is 4.79 Å². The molecule has 2 rings (SSSR count). The Morgan fingerprint density at radius 3 is 2.68 bits per heavy atom. The predicted octanol–water partition coefficient (Wildman–Crippen LogP) is 0.327. The zero-order valence-electron chi connectivity index (χ0n) is 10.4. The zero-order valence-corrected chi connectivity index (χ0v) is 10.4. The highest BCUT2D eigenvalue weighted by Gasteiger charge is 2.12. The predicted molar refractivity (Wildman–Crippen MR) is 73.0 cm³/mol. The lowest BCUT2D eigenvalue weighted by Gasteiger charge is -2.20. The van der Waals surface area contributed by atoms with Gasteiger partial charge in [0, 0.05) is 0 Å². The van der Waals surface area contributed by atoms with Crippen LogP contribution in [0.4, 0.5) is 5.69 Å². The van der Waals surface area contributed by atoms with Crippen LogP contribution in [-0.2, 0) is 11.2 Å². The number of benzene rings is 1. The van der Waals surface area contributed by atoms with Gasteiger partial charge in [0.15, 0.2) is 0 Å². The van der Waals surface area contributed by atoms with E-state index in [1.165, 1.54) is 5.12 Å². The van der Waals surface area contributed by atoms with Crippen LogP contribution >= 0.6 is 0 Å². The number of rotatable bonds is 4. The molecule has 0 fully saturated rings. The molecular formula is C12H15N5O2. The SMILES string of the molecule is CC1=NNN(c2ccc(CC(N)C(=O)O)cc2)N=C1. The van der Waals surface area contributed by atoms with Gasteiger partial charge in [-0.3, -0.25) is 4.79 Å². The van der Waals surface area contributed by atoms with Gasteiger partial charge in [0.1, 0.15) is 6.04 Å². The first kappa shape index (κ1) is 13.0. The van der Waals surface area contributed by atoms with Crippen molar-refractivity contribution in [2.24, 2.45) is 15.9 Å². The molecule has 1 aromatic rings. The minimum absolute atomic E-state index is 0.295. The number of hydrogen-bond donors (Lipinski definition) is 3. The molecule has 0 aromatic heterocycles. The van der Waals surface area contributed by atoms with Crippen LogP contribution in [0.2, 0.25) is 0 Å². The summed E-state index contributed by atoms with van der Waals surface area (Å²) in [4.78, 5) is 10.7. The average Bonchev–Trinajstić information content (AvgIpc) is 2.40. The second-order valence-corrected chi connectivity index (χ2v) is 4.22. The van der Waals surface area contributed by atoms with Crippen LogP contribution in [0.1, 0.15) is 12.5 Å². The van der Waals surface area contributed by atoms with Gasteiger partial charge in [-0.2, -0.15) is 20.9 Å². The molecule has 4 N–H and O–H groups in total. The fourth-order valence-corrected chi connectivity index (χ4v) is 1.56. The lowest BCUT2D eigenvalue weighted by Crippen LogP contribution is -2.34. The molecular weight excluding hydrogens is 246 g/mol. The average molecular weight is 261 g/mol. The minimum Gasteiger partial charge on any atom is -0.480 e. The van der Waals surface area contributed by atoms with Crippen LogP contribution in [0.3, 0.4) is 0 Å². The first-order valence-corrected chi connectivity index (χ1v) is 5.77. The Morgan fingerprint density at radius 1 is 1.47 bits per heavy atom. The zero-order chi connectivity index (χ0) is 13.8. The van der Waals surface area contributed by atoms with Gasteiger partial charge in [0.25, 0.3) is 0 Å². The van der Waals surface area contributed by atoms with Gasteiger partial charge in [-0.25, -0.2) is 0 Å². The van der Waals surface area contributed by atoms with E-state index in [1.807, 2.05) is 31.2 Å². The monoisotopic (exact) mass is 261 g/mol. The molecule has 1 heterocycles. The van der Waals surface area contributed by atoms with E-state index in [0.29, 0.717) is 6.42 Å². The van der Waals surface area contributed by atoms with Crippen molar-refractivity contribution in [1.82, 2.24) is 5.53 Å². The fraction of sp³-hybridized carbons (Fsp3) is 0.250. The van der Waals surface area contributed by atoms with Gasteiger partial charge in [-0.15, -0.1) is 0 Å². The number of aliphatic carboxylic acids is 1. The second-order valence-electron chi connectivity index (χ2n) is 4.22. The summed E-state index contributed by atoms with van der Waals surface area (Å²) in [6.07, 6.45) is 1.94. The van der Waals surface area contributed by atoms with E-state index in [-0.39, 0.29) is 0 Å². The van der Waals surface area contributed by atoms with Crippen LogP contribution in [0, 0.1) is 0 Å². The Bertz CT molecular complexity index is 523. The highest BCUT2D eigenvalue weighted by atomic mass is 16.4. The standard InChI is InChI=1S/C12H15N5O2/c1-8-7-14-17(16-15-8)10-4-2-9(3-5-10)6-11(13)12(18)19/h2-5,7,11,16H,6,13H2,1H3,(H,18,19). The van der Waals surface area contributed by atoms with Crippen LogP contribution in [-0.4, -0.2) is 29.0 Å². The van der Waals surface area contributed by atoms with Gasteiger partial charge in [0.05, 0.1) is 17.6 Å². The number of nitrogens with two attached hydrogens (primary N) is 1. The van der Waals surface area contributed by atoms with E-state index < -0.39 is 12.0 Å². The van der Waals surface area contributed by atoms with Crippen LogP contribution in [0.25, 0.3) is 0 Å². The largest absolute Gasteiger partial charge is 0.480 e. The molecule has 7 heteroatoms. The maximum Gasteiger partial charge on any atom is 0.320 e. The number of nitrogens with zero attached hydrogens (tertiary/aromatic N) is 3. The summed E-state index contributed by atoms with van der Waals surface area (Å²) in [6, 6.07) is 6.40. The van der Waals surface area contributed by atoms with Crippen molar-refractivity contribution in [3.63, 3.8) is 0 Å². The summed E-state index contributed by atoms with van der Waals surface area (Å²) >= 11 is 0. The van der Waals surface area contributed by atoms with Crippen molar-refractivity contribution < 1.29 is 9.90 Å². The van der Waals surface area contributed by atoms with Crippen molar-refractivity contribution in [3.8, 4) is 0 Å². The van der Waals surface area contributed by atoms with E-state index in [1.54, 1.807) is 6.21 Å². The molecule has 0 bridgehead atoms. The Kier molecular flexibility index (Phi) is 3.76. The summed E-state index contributed by atoms with van der Waals surface area (Å²) in [5.41, 5.74) is 10.7. The topological polar surface area (TPSA) is 103 Å². The second kappa shape index (κ2) is 5.49. The van der Waals surface area contributed by atoms with Crippen LogP contribution in [0.5, 0.6) is 0 Å². The lowest BCUT2D eigenvalue weighted by molar-refractivity contribution is -0.138. The van der Waals surface area contributed by atoms with E-state index in [4.69, 9.17) is 10.8 Å². The van der Waals surface area contributed by atoms with Gasteiger partial charge in [-0.1, -0.05) is 12.1 Å². The maximum absolute atomic E-state index is 10.7. The molecule has 0 saturated carbocycles. The summed E-state index contributed by atoms with van der Waals surface area (Å²) in [7, 11) is 0. The van der Waals surface area contributed by atoms with Gasteiger partial charge in [-0.05, 0) is 31.0 Å². The Morgan fingerprint density at radius 2 is 2.16 bits per heavy atom. The smallest absolute Gasteiger partial charge is 0.320 e. The number of carboxylic acid groups (broad SMARTS) is 1. The van der Waals surface area contributed by atoms with Crippen molar-refractivity contribution in [3.05, 3.63) is 29.8 Å². The number of hydrogen-bond acceptors (Lipinski definition) is 6. The summed E-state index contributed by atoms with van der Waals surface area (Å²) in [5, 5.41) is 18.4. The molecule has 1 aromatic carbocycles.